The predicted octanol–water partition coefficient (Wildman–Crippen LogP) is 2.30. The molecule has 102 valence electrons. The first-order valence-electron chi connectivity index (χ1n) is 7.24. The molecule has 3 atom stereocenters. The number of ether oxygens (including phenoxy) is 2. The number of benzene rings is 1. The summed E-state index contributed by atoms with van der Waals surface area (Å²) in [4.78, 5) is 14.8. The van der Waals surface area contributed by atoms with Crippen molar-refractivity contribution in [1.82, 2.24) is 4.90 Å². The van der Waals surface area contributed by atoms with Crippen molar-refractivity contribution in [1.29, 1.82) is 0 Å². The lowest BCUT2D eigenvalue weighted by Gasteiger charge is -2.41. The molecule has 3 heterocycles. The minimum Gasteiger partial charge on any atom is -0.454 e. The lowest BCUT2D eigenvalue weighted by molar-refractivity contribution is 0.0665. The SMILES string of the molecule is O=C1c2cc3c(cc2[C@@H]2CC=C[C@@H]4CCN1[C@H]42)OCO3. The van der Waals surface area contributed by atoms with Gasteiger partial charge in [0, 0.05) is 24.1 Å². The summed E-state index contributed by atoms with van der Waals surface area (Å²) in [5.41, 5.74) is 1.96. The Morgan fingerprint density at radius 2 is 2.05 bits per heavy atom. The van der Waals surface area contributed by atoms with Crippen molar-refractivity contribution in [3.05, 3.63) is 35.4 Å². The maximum absolute atomic E-state index is 12.7. The van der Waals surface area contributed by atoms with E-state index < -0.39 is 0 Å². The van der Waals surface area contributed by atoms with Crippen LogP contribution in [0.1, 0.15) is 34.7 Å². The average molecular weight is 269 g/mol. The van der Waals surface area contributed by atoms with Crippen LogP contribution >= 0.6 is 0 Å². The first-order chi connectivity index (χ1) is 9.83. The van der Waals surface area contributed by atoms with Crippen molar-refractivity contribution < 1.29 is 14.3 Å². The number of rotatable bonds is 0. The van der Waals surface area contributed by atoms with Gasteiger partial charge < -0.3 is 14.4 Å². The third-order valence-electron chi connectivity index (χ3n) is 5.12. The van der Waals surface area contributed by atoms with Gasteiger partial charge in [-0.2, -0.15) is 0 Å². The molecule has 4 heteroatoms. The first kappa shape index (κ1) is 10.8. The number of hydrogen-bond donors (Lipinski definition) is 0. The Bertz CT molecular complexity index is 651. The van der Waals surface area contributed by atoms with Crippen LogP contribution in [0.15, 0.2) is 24.3 Å². The van der Waals surface area contributed by atoms with E-state index in [1.54, 1.807) is 0 Å². The van der Waals surface area contributed by atoms with E-state index in [9.17, 15) is 4.79 Å². The molecule has 1 fully saturated rings. The molecule has 0 N–H and O–H groups in total. The van der Waals surface area contributed by atoms with Crippen molar-refractivity contribution in [3.63, 3.8) is 0 Å². The van der Waals surface area contributed by atoms with Crippen molar-refractivity contribution in [2.45, 2.75) is 24.8 Å². The highest BCUT2D eigenvalue weighted by molar-refractivity contribution is 5.98. The number of allylic oxidation sites excluding steroid dienone is 1. The molecule has 5 rings (SSSR count). The molecule has 1 aliphatic carbocycles. The number of amides is 1. The second-order valence-corrected chi connectivity index (χ2v) is 6.00. The number of carbonyl (C=O) groups excluding carboxylic acids is 1. The summed E-state index contributed by atoms with van der Waals surface area (Å²) in [7, 11) is 0. The lowest BCUT2D eigenvalue weighted by atomic mass is 9.74. The highest BCUT2D eigenvalue weighted by Crippen LogP contribution is 2.49. The average Bonchev–Trinajstić information content (AvgIpc) is 3.10. The van der Waals surface area contributed by atoms with Crippen LogP contribution in [0.25, 0.3) is 0 Å². The molecule has 0 saturated carbocycles. The molecule has 0 spiro atoms. The quantitative estimate of drug-likeness (QED) is 0.678. The Morgan fingerprint density at radius 3 is 2.95 bits per heavy atom. The normalized spacial score (nSPS) is 32.3. The minimum absolute atomic E-state index is 0.164. The molecule has 1 aromatic carbocycles. The molecule has 1 saturated heterocycles. The summed E-state index contributed by atoms with van der Waals surface area (Å²) in [5.74, 6) is 2.59. The zero-order valence-corrected chi connectivity index (χ0v) is 11.0. The van der Waals surface area contributed by atoms with Gasteiger partial charge in [-0.15, -0.1) is 0 Å². The summed E-state index contributed by atoms with van der Waals surface area (Å²) in [6.45, 7) is 1.13. The number of fused-ring (bicyclic) bond motifs is 3. The first-order valence-corrected chi connectivity index (χ1v) is 7.24. The van der Waals surface area contributed by atoms with Crippen molar-refractivity contribution in [2.75, 3.05) is 13.3 Å². The van der Waals surface area contributed by atoms with Crippen LogP contribution in [0.4, 0.5) is 0 Å². The van der Waals surface area contributed by atoms with E-state index in [2.05, 4.69) is 17.1 Å². The molecule has 1 amide bonds. The summed E-state index contributed by atoms with van der Waals surface area (Å²) >= 11 is 0. The van der Waals surface area contributed by atoms with Crippen LogP contribution in [0.5, 0.6) is 11.5 Å². The van der Waals surface area contributed by atoms with Gasteiger partial charge >= 0.3 is 0 Å². The molecule has 20 heavy (non-hydrogen) atoms. The van der Waals surface area contributed by atoms with Crippen LogP contribution in [0.3, 0.4) is 0 Å². The zero-order chi connectivity index (χ0) is 13.3. The second-order valence-electron chi connectivity index (χ2n) is 6.00. The Hall–Kier alpha value is -1.97. The van der Waals surface area contributed by atoms with E-state index in [4.69, 9.17) is 9.47 Å². The Balaban J connectivity index is 1.73. The topological polar surface area (TPSA) is 38.8 Å². The number of hydrogen-bond acceptors (Lipinski definition) is 3. The Morgan fingerprint density at radius 1 is 1.20 bits per heavy atom. The fourth-order valence-corrected chi connectivity index (χ4v) is 4.26. The fraction of sp³-hybridized carbons (Fsp3) is 0.438. The van der Waals surface area contributed by atoms with Gasteiger partial charge in [0.2, 0.25) is 6.79 Å². The van der Waals surface area contributed by atoms with E-state index in [-0.39, 0.29) is 12.7 Å². The van der Waals surface area contributed by atoms with Gasteiger partial charge in [0.15, 0.2) is 11.5 Å². The Kier molecular flexibility index (Phi) is 1.92. The summed E-state index contributed by atoms with van der Waals surface area (Å²) in [6.07, 6.45) is 6.67. The van der Waals surface area contributed by atoms with Gasteiger partial charge in [-0.25, -0.2) is 0 Å². The Labute approximate surface area is 117 Å². The minimum atomic E-state index is 0.164. The predicted molar refractivity (Wildman–Crippen MR) is 72.0 cm³/mol. The zero-order valence-electron chi connectivity index (χ0n) is 11.0. The van der Waals surface area contributed by atoms with Crippen LogP contribution in [-0.2, 0) is 0 Å². The van der Waals surface area contributed by atoms with E-state index in [0.29, 0.717) is 23.6 Å². The third-order valence-corrected chi connectivity index (χ3v) is 5.12. The summed E-state index contributed by atoms with van der Waals surface area (Å²) in [6, 6.07) is 4.26. The number of nitrogens with zero attached hydrogens (tertiary/aromatic N) is 1. The van der Waals surface area contributed by atoms with Crippen molar-refractivity contribution >= 4 is 5.91 Å². The molecule has 0 bridgehead atoms. The van der Waals surface area contributed by atoms with E-state index >= 15 is 0 Å². The van der Waals surface area contributed by atoms with Gasteiger partial charge in [-0.3, -0.25) is 4.79 Å². The standard InChI is InChI=1S/C16H15NO3/c18-16-12-7-14-13(19-8-20-14)6-11(12)10-3-1-2-9-4-5-17(16)15(9)10/h1-2,6-7,9-10,15H,3-5,8H2/t9-,10+,15-/m1/s1. The molecular formula is C16H15NO3. The monoisotopic (exact) mass is 269 g/mol. The molecule has 4 aliphatic rings. The maximum atomic E-state index is 12.7. The highest BCUT2D eigenvalue weighted by Gasteiger charge is 2.47. The van der Waals surface area contributed by atoms with Crippen LogP contribution in [0, 0.1) is 5.92 Å². The van der Waals surface area contributed by atoms with Gasteiger partial charge in [-0.05, 0) is 36.5 Å². The smallest absolute Gasteiger partial charge is 0.254 e. The van der Waals surface area contributed by atoms with Gasteiger partial charge in [0.05, 0.1) is 0 Å². The van der Waals surface area contributed by atoms with Crippen LogP contribution < -0.4 is 9.47 Å². The molecule has 0 aromatic heterocycles. The third kappa shape index (κ3) is 1.20. The summed E-state index contributed by atoms with van der Waals surface area (Å²) < 4.78 is 10.9. The second kappa shape index (κ2) is 3.57. The van der Waals surface area contributed by atoms with Crippen molar-refractivity contribution in [2.24, 2.45) is 5.92 Å². The van der Waals surface area contributed by atoms with E-state index in [0.717, 1.165) is 36.3 Å². The largest absolute Gasteiger partial charge is 0.454 e. The van der Waals surface area contributed by atoms with Crippen LogP contribution in [0.2, 0.25) is 0 Å². The molecule has 0 unspecified atom stereocenters. The van der Waals surface area contributed by atoms with Gasteiger partial charge in [-0.1, -0.05) is 12.2 Å². The lowest BCUT2D eigenvalue weighted by Crippen LogP contribution is -2.47. The van der Waals surface area contributed by atoms with Gasteiger partial charge in [0.25, 0.3) is 5.91 Å². The van der Waals surface area contributed by atoms with Gasteiger partial charge in [0.1, 0.15) is 0 Å². The molecule has 1 aromatic rings. The maximum Gasteiger partial charge on any atom is 0.254 e. The molecule has 0 radical (unpaired) electrons. The summed E-state index contributed by atoms with van der Waals surface area (Å²) in [5, 5.41) is 0. The fourth-order valence-electron chi connectivity index (χ4n) is 4.26. The highest BCUT2D eigenvalue weighted by atomic mass is 16.7. The van der Waals surface area contributed by atoms with E-state index in [1.807, 2.05) is 12.1 Å². The molecular weight excluding hydrogens is 254 g/mol. The van der Waals surface area contributed by atoms with Crippen molar-refractivity contribution in [3.8, 4) is 11.5 Å². The number of carbonyl (C=O) groups is 1. The molecule has 4 nitrogen and oxygen atoms in total. The molecule has 3 aliphatic heterocycles. The van der Waals surface area contributed by atoms with Crippen LogP contribution in [-0.4, -0.2) is 30.2 Å². The van der Waals surface area contributed by atoms with E-state index in [1.165, 1.54) is 0 Å².